The van der Waals surface area contributed by atoms with Crippen molar-refractivity contribution in [3.05, 3.63) is 0 Å². The number of rotatable bonds is 4. The molecule has 0 aromatic rings. The highest BCUT2D eigenvalue weighted by Gasteiger charge is 2.28. The lowest BCUT2D eigenvalue weighted by atomic mass is 10.0. The van der Waals surface area contributed by atoms with Crippen molar-refractivity contribution in [1.82, 2.24) is 10.2 Å². The van der Waals surface area contributed by atoms with E-state index in [0.29, 0.717) is 18.9 Å². The van der Waals surface area contributed by atoms with Gasteiger partial charge < -0.3 is 15.0 Å². The lowest BCUT2D eigenvalue weighted by molar-refractivity contribution is -0.133. The first-order chi connectivity index (χ1) is 9.56. The van der Waals surface area contributed by atoms with Crippen LogP contribution < -0.4 is 5.32 Å². The molecule has 1 atom stereocenters. The molecule has 1 N–H and O–H groups in total. The molecule has 20 heavy (non-hydrogen) atoms. The third-order valence-corrected chi connectivity index (χ3v) is 4.00. The highest BCUT2D eigenvalue weighted by atomic mass is 16.5. The molecule has 2 rings (SSSR count). The van der Waals surface area contributed by atoms with Gasteiger partial charge >= 0.3 is 0 Å². The lowest BCUT2D eigenvalue weighted by Crippen LogP contribution is -2.48. The Balaban J connectivity index is 1.71. The lowest BCUT2D eigenvalue weighted by Gasteiger charge is -2.33. The zero-order valence-corrected chi connectivity index (χ0v) is 12.6. The Morgan fingerprint density at radius 3 is 2.50 bits per heavy atom. The summed E-state index contributed by atoms with van der Waals surface area (Å²) in [6.45, 7) is 6.32. The molecular weight excluding hydrogens is 256 g/mol. The minimum absolute atomic E-state index is 0.0226. The fraction of sp³-hybridized carbons (Fsp3) is 0.867. The van der Waals surface area contributed by atoms with Crippen LogP contribution in [0.25, 0.3) is 0 Å². The molecule has 0 spiro atoms. The second-order valence-electron chi connectivity index (χ2n) is 6.26. The van der Waals surface area contributed by atoms with Gasteiger partial charge in [-0.15, -0.1) is 0 Å². The molecule has 0 bridgehead atoms. The first-order valence-corrected chi connectivity index (χ1v) is 7.76. The van der Waals surface area contributed by atoms with Crippen molar-refractivity contribution in [1.29, 1.82) is 0 Å². The highest BCUT2D eigenvalue weighted by Crippen LogP contribution is 2.16. The fourth-order valence-electron chi connectivity index (χ4n) is 2.83. The van der Waals surface area contributed by atoms with Gasteiger partial charge in [0, 0.05) is 32.2 Å². The second-order valence-corrected chi connectivity index (χ2v) is 6.26. The molecule has 2 amide bonds. The van der Waals surface area contributed by atoms with Gasteiger partial charge in [-0.2, -0.15) is 0 Å². The summed E-state index contributed by atoms with van der Waals surface area (Å²) in [5, 5.41) is 3.06. The van der Waals surface area contributed by atoms with Gasteiger partial charge in [-0.05, 0) is 31.6 Å². The smallest absolute Gasteiger partial charge is 0.249 e. The maximum Gasteiger partial charge on any atom is 0.249 e. The molecule has 1 unspecified atom stereocenters. The molecule has 0 aliphatic carbocycles. The summed E-state index contributed by atoms with van der Waals surface area (Å²) in [6, 6.07) is 0.190. The second kappa shape index (κ2) is 7.07. The quantitative estimate of drug-likeness (QED) is 0.846. The molecule has 2 aliphatic heterocycles. The van der Waals surface area contributed by atoms with E-state index in [1.165, 1.54) is 0 Å². The number of carbonyl (C=O) groups is 2. The summed E-state index contributed by atoms with van der Waals surface area (Å²) in [6.07, 6.45) is 3.87. The normalized spacial score (nSPS) is 24.1. The summed E-state index contributed by atoms with van der Waals surface area (Å²) in [5.41, 5.74) is 0. The number of likely N-dealkylation sites (tertiary alicyclic amines) is 1. The average molecular weight is 282 g/mol. The standard InChI is InChI=1S/C15H26N2O3/c1-11(2)10-14(18)17-7-5-12(6-8-17)16-15(19)13-4-3-9-20-13/h11-13H,3-10H2,1-2H3,(H,16,19). The molecule has 114 valence electrons. The summed E-state index contributed by atoms with van der Waals surface area (Å²) in [7, 11) is 0. The van der Waals surface area contributed by atoms with Crippen molar-refractivity contribution in [3.63, 3.8) is 0 Å². The van der Waals surface area contributed by atoms with Gasteiger partial charge in [0.25, 0.3) is 0 Å². The van der Waals surface area contributed by atoms with Crippen LogP contribution in [0.5, 0.6) is 0 Å². The van der Waals surface area contributed by atoms with E-state index in [1.54, 1.807) is 0 Å². The van der Waals surface area contributed by atoms with Crippen molar-refractivity contribution in [3.8, 4) is 0 Å². The number of carbonyl (C=O) groups excluding carboxylic acids is 2. The number of ether oxygens (including phenoxy) is 1. The zero-order valence-electron chi connectivity index (χ0n) is 12.6. The van der Waals surface area contributed by atoms with E-state index in [0.717, 1.165) is 38.8 Å². The molecule has 2 aliphatic rings. The fourth-order valence-corrected chi connectivity index (χ4v) is 2.83. The maximum absolute atomic E-state index is 12.0. The summed E-state index contributed by atoms with van der Waals surface area (Å²) in [5.74, 6) is 0.665. The van der Waals surface area contributed by atoms with Gasteiger partial charge in [-0.1, -0.05) is 13.8 Å². The molecule has 5 nitrogen and oxygen atoms in total. The van der Waals surface area contributed by atoms with Gasteiger partial charge in [0.05, 0.1) is 0 Å². The first-order valence-electron chi connectivity index (χ1n) is 7.76. The van der Waals surface area contributed by atoms with E-state index >= 15 is 0 Å². The summed E-state index contributed by atoms with van der Waals surface area (Å²) < 4.78 is 5.38. The predicted octanol–water partition coefficient (Wildman–Crippen LogP) is 1.32. The zero-order chi connectivity index (χ0) is 14.5. The molecule has 0 aromatic heterocycles. The topological polar surface area (TPSA) is 58.6 Å². The van der Waals surface area contributed by atoms with Crippen LogP contribution in [-0.2, 0) is 14.3 Å². The van der Waals surface area contributed by atoms with Crippen LogP contribution in [0.15, 0.2) is 0 Å². The minimum atomic E-state index is -0.254. The Labute approximate surface area is 121 Å². The number of nitrogens with zero attached hydrogens (tertiary/aromatic N) is 1. The molecule has 0 radical (unpaired) electrons. The van der Waals surface area contributed by atoms with E-state index < -0.39 is 0 Å². The number of amides is 2. The molecule has 2 saturated heterocycles. The third-order valence-electron chi connectivity index (χ3n) is 4.00. The van der Waals surface area contributed by atoms with Crippen LogP contribution in [-0.4, -0.2) is 48.6 Å². The summed E-state index contributed by atoms with van der Waals surface area (Å²) in [4.78, 5) is 25.8. The monoisotopic (exact) mass is 282 g/mol. The van der Waals surface area contributed by atoms with Crippen molar-refractivity contribution in [2.45, 2.75) is 58.1 Å². The van der Waals surface area contributed by atoms with Crippen molar-refractivity contribution < 1.29 is 14.3 Å². The SMILES string of the molecule is CC(C)CC(=O)N1CCC(NC(=O)C2CCCO2)CC1. The number of hydrogen-bond donors (Lipinski definition) is 1. The predicted molar refractivity (Wildman–Crippen MR) is 76.2 cm³/mol. The van der Waals surface area contributed by atoms with Crippen molar-refractivity contribution in [2.24, 2.45) is 5.92 Å². The highest BCUT2D eigenvalue weighted by molar-refractivity contribution is 5.81. The van der Waals surface area contributed by atoms with Crippen LogP contribution in [0.2, 0.25) is 0 Å². The van der Waals surface area contributed by atoms with Crippen LogP contribution in [0, 0.1) is 5.92 Å². The Kier molecular flexibility index (Phi) is 5.40. The van der Waals surface area contributed by atoms with Crippen molar-refractivity contribution >= 4 is 11.8 Å². The minimum Gasteiger partial charge on any atom is -0.368 e. The Bertz CT molecular complexity index is 343. The number of hydrogen-bond acceptors (Lipinski definition) is 3. The Morgan fingerprint density at radius 2 is 1.95 bits per heavy atom. The molecule has 0 saturated carbocycles. The molecule has 0 aromatic carbocycles. The molecule has 5 heteroatoms. The first kappa shape index (κ1) is 15.3. The average Bonchev–Trinajstić information content (AvgIpc) is 2.92. The van der Waals surface area contributed by atoms with Gasteiger partial charge in [0.15, 0.2) is 0 Å². The van der Waals surface area contributed by atoms with E-state index in [4.69, 9.17) is 4.74 Å². The molecular formula is C15H26N2O3. The van der Waals surface area contributed by atoms with Crippen LogP contribution >= 0.6 is 0 Å². The summed E-state index contributed by atoms with van der Waals surface area (Å²) >= 11 is 0. The van der Waals surface area contributed by atoms with Gasteiger partial charge in [-0.25, -0.2) is 0 Å². The number of piperidine rings is 1. The van der Waals surface area contributed by atoms with Crippen molar-refractivity contribution in [2.75, 3.05) is 19.7 Å². The molecule has 2 heterocycles. The largest absolute Gasteiger partial charge is 0.368 e. The van der Waals surface area contributed by atoms with E-state index in [-0.39, 0.29) is 24.0 Å². The van der Waals surface area contributed by atoms with Crippen LogP contribution in [0.4, 0.5) is 0 Å². The van der Waals surface area contributed by atoms with Crippen LogP contribution in [0.1, 0.15) is 46.0 Å². The van der Waals surface area contributed by atoms with E-state index in [2.05, 4.69) is 19.2 Å². The van der Waals surface area contributed by atoms with E-state index in [1.807, 2.05) is 4.90 Å². The van der Waals surface area contributed by atoms with Gasteiger partial charge in [0.2, 0.25) is 11.8 Å². The Morgan fingerprint density at radius 1 is 1.25 bits per heavy atom. The molecule has 2 fully saturated rings. The third kappa shape index (κ3) is 4.20. The number of nitrogens with one attached hydrogen (secondary N) is 1. The van der Waals surface area contributed by atoms with Gasteiger partial charge in [0.1, 0.15) is 6.10 Å². The van der Waals surface area contributed by atoms with Gasteiger partial charge in [-0.3, -0.25) is 9.59 Å². The van der Waals surface area contributed by atoms with E-state index in [9.17, 15) is 9.59 Å². The maximum atomic E-state index is 12.0. The Hall–Kier alpha value is -1.10. The van der Waals surface area contributed by atoms with Crippen LogP contribution in [0.3, 0.4) is 0 Å².